The van der Waals surface area contributed by atoms with E-state index in [9.17, 15) is 14.7 Å². The van der Waals surface area contributed by atoms with Crippen molar-refractivity contribution in [2.24, 2.45) is 11.8 Å². The molecule has 2 aromatic rings. The summed E-state index contributed by atoms with van der Waals surface area (Å²) in [5.41, 5.74) is 2.05. The van der Waals surface area contributed by atoms with Gasteiger partial charge in [-0.2, -0.15) is 4.98 Å². The first-order chi connectivity index (χ1) is 13.6. The molecular weight excluding hydrogens is 378 g/mol. The van der Waals surface area contributed by atoms with Crippen molar-refractivity contribution in [3.05, 3.63) is 16.3 Å². The molecule has 5 rings (SSSR count). The fourth-order valence-corrected chi connectivity index (χ4v) is 5.79. The third-order valence-electron chi connectivity index (χ3n) is 6.18. The highest BCUT2D eigenvalue weighted by Crippen LogP contribution is 2.46. The predicted molar refractivity (Wildman–Crippen MR) is 103 cm³/mol. The minimum Gasteiger partial charge on any atom is -0.481 e. The van der Waals surface area contributed by atoms with Gasteiger partial charge in [0.2, 0.25) is 5.91 Å². The van der Waals surface area contributed by atoms with Gasteiger partial charge in [0, 0.05) is 10.8 Å². The van der Waals surface area contributed by atoms with Crippen molar-refractivity contribution in [1.29, 1.82) is 0 Å². The minimum atomic E-state index is -0.875. The number of amides is 1. The van der Waals surface area contributed by atoms with Crippen molar-refractivity contribution in [2.75, 3.05) is 5.32 Å². The Bertz CT molecular complexity index is 930. The Morgan fingerprint density at radius 2 is 1.86 bits per heavy atom. The molecule has 2 saturated carbocycles. The van der Waals surface area contributed by atoms with Crippen LogP contribution in [-0.2, 0) is 22.4 Å². The Morgan fingerprint density at radius 3 is 2.61 bits per heavy atom. The lowest BCUT2D eigenvalue weighted by atomic mass is 9.79. The number of carboxylic acids is 1. The SMILES string of the molecule is O=C(O)[C@@H]1CCCC[C@H]1C(=O)Nc1sc2c(c1-c1nc(C3CC3)no1)CCC2. The Morgan fingerprint density at radius 1 is 1.07 bits per heavy atom. The summed E-state index contributed by atoms with van der Waals surface area (Å²) >= 11 is 1.57. The Kier molecular flexibility index (Phi) is 4.45. The molecule has 0 aromatic carbocycles. The van der Waals surface area contributed by atoms with E-state index >= 15 is 0 Å². The number of hydrogen-bond acceptors (Lipinski definition) is 6. The minimum absolute atomic E-state index is 0.199. The van der Waals surface area contributed by atoms with Crippen LogP contribution >= 0.6 is 11.3 Å². The van der Waals surface area contributed by atoms with Crippen LogP contribution in [0, 0.1) is 11.8 Å². The predicted octanol–water partition coefficient (Wildman–Crippen LogP) is 3.99. The fraction of sp³-hybridized carbons (Fsp3) is 0.600. The third kappa shape index (κ3) is 3.13. The van der Waals surface area contributed by atoms with E-state index in [-0.39, 0.29) is 5.91 Å². The molecule has 3 aliphatic carbocycles. The lowest BCUT2D eigenvalue weighted by Gasteiger charge is -2.27. The van der Waals surface area contributed by atoms with Crippen molar-refractivity contribution < 1.29 is 19.2 Å². The summed E-state index contributed by atoms with van der Waals surface area (Å²) in [5.74, 6) is -0.524. The standard InChI is InChI=1S/C20H23N3O4S/c24-17(11-4-1-2-5-12(11)20(25)26)22-19-15(13-6-3-7-14(13)28-19)18-21-16(23-27-18)10-8-9-10/h10-12H,1-9H2,(H,22,24)(H,25,26)/t11-,12-/m1/s1. The molecule has 0 bridgehead atoms. The second-order valence-corrected chi connectivity index (χ2v) is 9.22. The third-order valence-corrected chi connectivity index (χ3v) is 7.38. The van der Waals surface area contributed by atoms with Crippen LogP contribution < -0.4 is 5.32 Å². The summed E-state index contributed by atoms with van der Waals surface area (Å²) in [4.78, 5) is 30.4. The molecular formula is C20H23N3O4S. The Balaban J connectivity index is 1.45. The Labute approximate surface area is 166 Å². The van der Waals surface area contributed by atoms with Crippen molar-refractivity contribution in [3.8, 4) is 11.5 Å². The summed E-state index contributed by atoms with van der Waals surface area (Å²) in [7, 11) is 0. The number of nitrogens with zero attached hydrogens (tertiary/aromatic N) is 2. The zero-order valence-corrected chi connectivity index (χ0v) is 16.4. The molecule has 0 spiro atoms. The van der Waals surface area contributed by atoms with Gasteiger partial charge in [-0.05, 0) is 50.5 Å². The number of aromatic nitrogens is 2. The van der Waals surface area contributed by atoms with E-state index in [0.717, 1.165) is 61.3 Å². The molecule has 0 unspecified atom stereocenters. The number of thiophene rings is 1. The molecule has 2 heterocycles. The smallest absolute Gasteiger partial charge is 0.307 e. The summed E-state index contributed by atoms with van der Waals surface area (Å²) < 4.78 is 5.56. The first kappa shape index (κ1) is 17.8. The number of carbonyl (C=O) groups excluding carboxylic acids is 1. The topological polar surface area (TPSA) is 105 Å². The average Bonchev–Trinajstić information content (AvgIpc) is 3.10. The van der Waals surface area contributed by atoms with Gasteiger partial charge in [-0.3, -0.25) is 9.59 Å². The zero-order valence-electron chi connectivity index (χ0n) is 15.6. The van der Waals surface area contributed by atoms with Gasteiger partial charge in [0.25, 0.3) is 5.89 Å². The van der Waals surface area contributed by atoms with E-state index in [4.69, 9.17) is 4.52 Å². The zero-order chi connectivity index (χ0) is 19.3. The van der Waals surface area contributed by atoms with Gasteiger partial charge in [0.15, 0.2) is 5.82 Å². The van der Waals surface area contributed by atoms with Gasteiger partial charge in [0.05, 0.1) is 17.4 Å². The highest BCUT2D eigenvalue weighted by atomic mass is 32.1. The van der Waals surface area contributed by atoms with Gasteiger partial charge < -0.3 is 14.9 Å². The van der Waals surface area contributed by atoms with Crippen molar-refractivity contribution in [3.63, 3.8) is 0 Å². The highest BCUT2D eigenvalue weighted by molar-refractivity contribution is 7.17. The lowest BCUT2D eigenvalue weighted by molar-refractivity contribution is -0.147. The lowest BCUT2D eigenvalue weighted by Crippen LogP contribution is -2.36. The summed E-state index contributed by atoms with van der Waals surface area (Å²) in [6.45, 7) is 0. The molecule has 8 heteroatoms. The molecule has 7 nitrogen and oxygen atoms in total. The summed E-state index contributed by atoms with van der Waals surface area (Å²) in [6, 6.07) is 0. The first-order valence-electron chi connectivity index (χ1n) is 10.1. The molecule has 0 saturated heterocycles. The maximum atomic E-state index is 13.0. The summed E-state index contributed by atoms with van der Waals surface area (Å²) in [5, 5.41) is 17.4. The quantitative estimate of drug-likeness (QED) is 0.785. The van der Waals surface area contributed by atoms with Crippen LogP contribution in [-0.4, -0.2) is 27.1 Å². The van der Waals surface area contributed by atoms with Crippen LogP contribution in [0.5, 0.6) is 0 Å². The number of hydrogen-bond donors (Lipinski definition) is 2. The molecule has 0 radical (unpaired) electrons. The van der Waals surface area contributed by atoms with E-state index in [1.54, 1.807) is 11.3 Å². The maximum Gasteiger partial charge on any atom is 0.307 e. The van der Waals surface area contributed by atoms with Crippen LogP contribution in [0.4, 0.5) is 5.00 Å². The maximum absolute atomic E-state index is 13.0. The largest absolute Gasteiger partial charge is 0.481 e. The fourth-order valence-electron chi connectivity index (χ4n) is 4.51. The van der Waals surface area contributed by atoms with Gasteiger partial charge in [-0.1, -0.05) is 18.0 Å². The van der Waals surface area contributed by atoms with Crippen molar-refractivity contribution in [2.45, 2.75) is 63.7 Å². The molecule has 148 valence electrons. The molecule has 2 aromatic heterocycles. The van der Waals surface area contributed by atoms with E-state index in [2.05, 4.69) is 15.5 Å². The molecule has 2 N–H and O–H groups in total. The number of nitrogens with one attached hydrogen (secondary N) is 1. The molecule has 2 atom stereocenters. The number of rotatable bonds is 5. The van der Waals surface area contributed by atoms with Gasteiger partial charge >= 0.3 is 5.97 Å². The highest BCUT2D eigenvalue weighted by Gasteiger charge is 2.37. The number of carboxylic acid groups (broad SMARTS) is 1. The van der Waals surface area contributed by atoms with Gasteiger partial charge in [0.1, 0.15) is 5.00 Å². The van der Waals surface area contributed by atoms with Crippen LogP contribution in [0.3, 0.4) is 0 Å². The average molecular weight is 401 g/mol. The normalized spacial score (nSPS) is 24.1. The molecule has 0 aliphatic heterocycles. The molecule has 3 aliphatic rings. The van der Waals surface area contributed by atoms with Gasteiger partial charge in [-0.25, -0.2) is 0 Å². The number of aryl methyl sites for hydroxylation is 1. The first-order valence-corrected chi connectivity index (χ1v) is 11.0. The molecule has 2 fully saturated rings. The van der Waals surface area contributed by atoms with Crippen molar-refractivity contribution in [1.82, 2.24) is 10.1 Å². The summed E-state index contributed by atoms with van der Waals surface area (Å²) in [6.07, 6.45) is 8.18. The van der Waals surface area contributed by atoms with E-state index in [0.29, 0.717) is 24.7 Å². The van der Waals surface area contributed by atoms with Gasteiger partial charge in [-0.15, -0.1) is 11.3 Å². The van der Waals surface area contributed by atoms with E-state index < -0.39 is 17.8 Å². The number of anilines is 1. The van der Waals surface area contributed by atoms with Crippen LogP contribution in [0.2, 0.25) is 0 Å². The molecule has 1 amide bonds. The second-order valence-electron chi connectivity index (χ2n) is 8.12. The van der Waals surface area contributed by atoms with Crippen molar-refractivity contribution >= 4 is 28.2 Å². The Hall–Kier alpha value is -2.22. The van der Waals surface area contributed by atoms with Crippen LogP contribution in [0.1, 0.15) is 67.1 Å². The second kappa shape index (κ2) is 6.99. The number of aliphatic carboxylic acids is 1. The van der Waals surface area contributed by atoms with Crippen LogP contribution in [0.15, 0.2) is 4.52 Å². The number of carbonyl (C=O) groups is 2. The van der Waals surface area contributed by atoms with E-state index in [1.165, 1.54) is 10.4 Å². The monoisotopic (exact) mass is 401 g/mol. The molecule has 28 heavy (non-hydrogen) atoms. The van der Waals surface area contributed by atoms with E-state index in [1.807, 2.05) is 0 Å². The van der Waals surface area contributed by atoms with Crippen LogP contribution in [0.25, 0.3) is 11.5 Å². The number of fused-ring (bicyclic) bond motifs is 1.